The lowest BCUT2D eigenvalue weighted by Crippen LogP contribution is -2.36. The van der Waals surface area contributed by atoms with E-state index in [-0.39, 0.29) is 17.6 Å². The Morgan fingerprint density at radius 2 is 1.68 bits per heavy atom. The number of nitrogens with one attached hydrogen (secondary N) is 1. The number of rotatable bonds is 8. The van der Waals surface area contributed by atoms with E-state index in [0.717, 1.165) is 44.6 Å². The molecule has 0 bridgehead atoms. The van der Waals surface area contributed by atoms with E-state index in [2.05, 4.69) is 52.7 Å². The summed E-state index contributed by atoms with van der Waals surface area (Å²) >= 11 is 0. The summed E-state index contributed by atoms with van der Waals surface area (Å²) in [6.45, 7) is 6.93. The molecule has 0 saturated carbocycles. The van der Waals surface area contributed by atoms with Crippen molar-refractivity contribution in [3.63, 3.8) is 0 Å². The van der Waals surface area contributed by atoms with Crippen LogP contribution in [0.25, 0.3) is 0 Å². The van der Waals surface area contributed by atoms with Gasteiger partial charge in [0.05, 0.1) is 0 Å². The van der Waals surface area contributed by atoms with Crippen LogP contribution in [0.15, 0.2) is 78.9 Å². The molecule has 3 aromatic rings. The smallest absolute Gasteiger partial charge is 0.226 e. The van der Waals surface area contributed by atoms with Gasteiger partial charge < -0.3 is 10.2 Å². The molecule has 178 valence electrons. The highest BCUT2D eigenvalue weighted by Crippen LogP contribution is 2.31. The number of hydrogen-bond acceptors (Lipinski definition) is 2. The number of benzene rings is 3. The summed E-state index contributed by atoms with van der Waals surface area (Å²) in [5.74, 6) is 0.728. The third-order valence-corrected chi connectivity index (χ3v) is 6.88. The number of halogens is 1. The first-order valence-electron chi connectivity index (χ1n) is 12.4. The Kier molecular flexibility index (Phi) is 8.12. The van der Waals surface area contributed by atoms with E-state index in [1.54, 1.807) is 12.1 Å². The molecule has 3 nitrogen and oxygen atoms in total. The molecule has 3 aromatic carbocycles. The highest BCUT2D eigenvalue weighted by molar-refractivity contribution is 5.92. The Labute approximate surface area is 203 Å². The average molecular weight is 459 g/mol. The van der Waals surface area contributed by atoms with Gasteiger partial charge in [-0.25, -0.2) is 4.39 Å². The van der Waals surface area contributed by atoms with Crippen molar-refractivity contribution in [2.75, 3.05) is 25.0 Å². The van der Waals surface area contributed by atoms with E-state index in [4.69, 9.17) is 0 Å². The molecule has 1 heterocycles. The molecule has 1 N–H and O–H groups in total. The number of likely N-dealkylation sites (tertiary alicyclic amines) is 1. The van der Waals surface area contributed by atoms with Crippen molar-refractivity contribution in [1.29, 1.82) is 0 Å². The number of anilines is 1. The molecule has 34 heavy (non-hydrogen) atoms. The first-order chi connectivity index (χ1) is 16.5. The van der Waals surface area contributed by atoms with Gasteiger partial charge in [-0.3, -0.25) is 4.79 Å². The highest BCUT2D eigenvalue weighted by atomic mass is 19.1. The average Bonchev–Trinajstić information content (AvgIpc) is 2.86. The molecule has 0 unspecified atom stereocenters. The maximum absolute atomic E-state index is 13.4. The van der Waals surface area contributed by atoms with Crippen LogP contribution in [0.5, 0.6) is 0 Å². The Morgan fingerprint density at radius 3 is 2.35 bits per heavy atom. The lowest BCUT2D eigenvalue weighted by molar-refractivity contribution is -0.118. The third-order valence-electron chi connectivity index (χ3n) is 6.88. The lowest BCUT2D eigenvalue weighted by Gasteiger charge is -2.35. The molecular weight excluding hydrogens is 423 g/mol. The van der Waals surface area contributed by atoms with Crippen LogP contribution in [0.3, 0.4) is 0 Å². The van der Waals surface area contributed by atoms with Crippen molar-refractivity contribution in [3.8, 4) is 0 Å². The molecule has 0 aliphatic carbocycles. The van der Waals surface area contributed by atoms with E-state index in [1.807, 2.05) is 38.1 Å². The predicted octanol–water partition coefficient (Wildman–Crippen LogP) is 6.63. The van der Waals surface area contributed by atoms with Crippen LogP contribution in [-0.4, -0.2) is 30.4 Å². The summed E-state index contributed by atoms with van der Waals surface area (Å²) in [5.41, 5.74) is 4.71. The third kappa shape index (κ3) is 6.54. The molecule has 1 aliphatic heterocycles. The molecule has 1 atom stereocenters. The maximum atomic E-state index is 13.4. The number of hydrogen-bond donors (Lipinski definition) is 1. The van der Waals surface area contributed by atoms with Gasteiger partial charge in [0.25, 0.3) is 0 Å². The molecule has 4 heteroatoms. The first kappa shape index (κ1) is 24.2. The molecule has 0 radical (unpaired) electrons. The van der Waals surface area contributed by atoms with Gasteiger partial charge in [-0.1, -0.05) is 68.4 Å². The Balaban J connectivity index is 1.38. The second-order valence-corrected chi connectivity index (χ2v) is 9.78. The van der Waals surface area contributed by atoms with E-state index < -0.39 is 0 Å². The second kappa shape index (κ2) is 11.4. The zero-order valence-corrected chi connectivity index (χ0v) is 20.2. The van der Waals surface area contributed by atoms with Gasteiger partial charge in [-0.05, 0) is 79.2 Å². The van der Waals surface area contributed by atoms with Crippen molar-refractivity contribution in [2.24, 2.45) is 5.92 Å². The number of piperidine rings is 1. The molecule has 1 saturated heterocycles. The van der Waals surface area contributed by atoms with E-state index in [0.29, 0.717) is 11.8 Å². The fraction of sp³-hybridized carbons (Fsp3) is 0.367. The minimum Gasteiger partial charge on any atom is -0.326 e. The van der Waals surface area contributed by atoms with Crippen molar-refractivity contribution in [2.45, 2.75) is 44.9 Å². The second-order valence-electron chi connectivity index (χ2n) is 9.78. The Hall–Kier alpha value is -2.98. The van der Waals surface area contributed by atoms with E-state index in [1.165, 1.54) is 16.7 Å². The monoisotopic (exact) mass is 458 g/mol. The van der Waals surface area contributed by atoms with E-state index in [9.17, 15) is 9.18 Å². The van der Waals surface area contributed by atoms with Gasteiger partial charge in [0.15, 0.2) is 0 Å². The highest BCUT2D eigenvalue weighted by Gasteiger charge is 2.24. The lowest BCUT2D eigenvalue weighted by atomic mass is 9.87. The molecule has 1 fully saturated rings. The number of nitrogens with zero attached hydrogens (tertiary/aromatic N) is 1. The Morgan fingerprint density at radius 1 is 0.971 bits per heavy atom. The van der Waals surface area contributed by atoms with E-state index >= 15 is 0 Å². The Bertz CT molecular complexity index is 1060. The van der Waals surface area contributed by atoms with Crippen LogP contribution in [0.2, 0.25) is 0 Å². The first-order valence-corrected chi connectivity index (χ1v) is 12.4. The van der Waals surface area contributed by atoms with Gasteiger partial charge in [0, 0.05) is 24.1 Å². The van der Waals surface area contributed by atoms with Crippen molar-refractivity contribution < 1.29 is 9.18 Å². The summed E-state index contributed by atoms with van der Waals surface area (Å²) in [7, 11) is 0. The minimum absolute atomic E-state index is 0.0284. The predicted molar refractivity (Wildman–Crippen MR) is 138 cm³/mol. The number of carbonyl (C=O) groups excluding carboxylic acids is 1. The van der Waals surface area contributed by atoms with Gasteiger partial charge in [-0.15, -0.1) is 0 Å². The maximum Gasteiger partial charge on any atom is 0.226 e. The largest absolute Gasteiger partial charge is 0.326 e. The fourth-order valence-electron chi connectivity index (χ4n) is 4.84. The quantitative estimate of drug-likeness (QED) is 0.411. The fourth-order valence-corrected chi connectivity index (χ4v) is 4.84. The van der Waals surface area contributed by atoms with Crippen LogP contribution < -0.4 is 5.32 Å². The minimum atomic E-state index is -0.185. The van der Waals surface area contributed by atoms with Crippen molar-refractivity contribution in [3.05, 3.63) is 101 Å². The van der Waals surface area contributed by atoms with Crippen LogP contribution in [0.1, 0.15) is 55.2 Å². The zero-order valence-electron chi connectivity index (χ0n) is 20.2. The summed E-state index contributed by atoms with van der Waals surface area (Å²) in [5, 5.41) is 3.03. The van der Waals surface area contributed by atoms with Gasteiger partial charge in [0.1, 0.15) is 5.82 Å². The molecule has 0 spiro atoms. The molecule has 4 rings (SSSR count). The standard InChI is InChI=1S/C30H35FN2O/c1-22(2)30(34)32-29-10-6-9-26(20-29)25-15-17-33(18-16-25)21-27(24-7-4-3-5-8-24)19-23-11-13-28(31)14-12-23/h3-14,20,22,25,27H,15-19,21H2,1-2H3,(H,32,34)/t27-/m0/s1. The SMILES string of the molecule is CC(C)C(=O)Nc1cccc(C2CCN(C[C@H](Cc3ccc(F)cc3)c3ccccc3)CC2)c1. The summed E-state index contributed by atoms with van der Waals surface area (Å²) in [6.07, 6.45) is 3.13. The van der Waals surface area contributed by atoms with Gasteiger partial charge >= 0.3 is 0 Å². The summed E-state index contributed by atoms with van der Waals surface area (Å²) in [6, 6.07) is 25.9. The number of amides is 1. The molecule has 1 aliphatic rings. The molecule has 1 amide bonds. The summed E-state index contributed by atoms with van der Waals surface area (Å²) in [4.78, 5) is 14.6. The van der Waals surface area contributed by atoms with Crippen LogP contribution in [0, 0.1) is 11.7 Å². The van der Waals surface area contributed by atoms with Crippen LogP contribution >= 0.6 is 0 Å². The normalized spacial score (nSPS) is 15.9. The van der Waals surface area contributed by atoms with Crippen molar-refractivity contribution >= 4 is 11.6 Å². The molecule has 0 aromatic heterocycles. The summed E-state index contributed by atoms with van der Waals surface area (Å²) < 4.78 is 13.4. The van der Waals surface area contributed by atoms with Crippen LogP contribution in [-0.2, 0) is 11.2 Å². The molecular formula is C30H35FN2O. The van der Waals surface area contributed by atoms with Crippen LogP contribution in [0.4, 0.5) is 10.1 Å². The zero-order chi connectivity index (χ0) is 23.9. The van der Waals surface area contributed by atoms with Crippen molar-refractivity contribution in [1.82, 2.24) is 4.90 Å². The topological polar surface area (TPSA) is 32.3 Å². The van der Waals surface area contributed by atoms with Gasteiger partial charge in [-0.2, -0.15) is 0 Å². The number of carbonyl (C=O) groups is 1. The van der Waals surface area contributed by atoms with Gasteiger partial charge in [0.2, 0.25) is 5.91 Å².